The minimum Gasteiger partial charge on any atom is -0.385 e. The van der Waals surface area contributed by atoms with Crippen LogP contribution in [-0.4, -0.2) is 36.0 Å². The third-order valence-corrected chi connectivity index (χ3v) is 3.46. The molecule has 2 aliphatic rings. The van der Waals surface area contributed by atoms with Crippen LogP contribution in [0.15, 0.2) is 29.3 Å². The highest BCUT2D eigenvalue weighted by molar-refractivity contribution is 5.99. The molecule has 0 amide bonds. The van der Waals surface area contributed by atoms with E-state index in [1.165, 1.54) is 0 Å². The van der Waals surface area contributed by atoms with E-state index in [1.807, 2.05) is 12.1 Å². The molecule has 0 unspecified atom stereocenters. The van der Waals surface area contributed by atoms with Crippen LogP contribution in [0, 0.1) is 0 Å². The monoisotopic (exact) mass is 216 g/mol. The van der Waals surface area contributed by atoms with E-state index in [2.05, 4.69) is 29.1 Å². The first-order chi connectivity index (χ1) is 7.69. The summed E-state index contributed by atoms with van der Waals surface area (Å²) in [5.41, 5.74) is 1.66. The first-order valence-electron chi connectivity index (χ1n) is 5.78. The number of benzene rings is 1. The van der Waals surface area contributed by atoms with Crippen LogP contribution in [0.2, 0.25) is 0 Å². The lowest BCUT2D eigenvalue weighted by Gasteiger charge is -2.14. The molecule has 1 aliphatic heterocycles. The maximum Gasteiger partial charge on any atom is 0.130 e. The number of amidine groups is 1. The summed E-state index contributed by atoms with van der Waals surface area (Å²) in [5.74, 6) is 1.06. The highest BCUT2D eigenvalue weighted by atomic mass is 16.3. The van der Waals surface area contributed by atoms with Gasteiger partial charge in [0.25, 0.3) is 0 Å². The smallest absolute Gasteiger partial charge is 0.130 e. The maximum atomic E-state index is 9.97. The van der Waals surface area contributed by atoms with Crippen LogP contribution in [-0.2, 0) is 5.60 Å². The number of hydrogen-bond acceptors (Lipinski definition) is 3. The minimum absolute atomic E-state index is 0.526. The molecule has 0 aromatic heterocycles. The molecule has 16 heavy (non-hydrogen) atoms. The highest BCUT2D eigenvalue weighted by Crippen LogP contribution is 2.45. The molecular formula is C13H16N2O. The van der Waals surface area contributed by atoms with Crippen molar-refractivity contribution >= 4 is 5.84 Å². The molecule has 0 spiro atoms. The number of hydrogen-bond donors (Lipinski definition) is 1. The van der Waals surface area contributed by atoms with Crippen molar-refractivity contribution < 1.29 is 5.11 Å². The fraction of sp³-hybridized carbons (Fsp3) is 0.462. The van der Waals surface area contributed by atoms with E-state index in [9.17, 15) is 5.11 Å². The van der Waals surface area contributed by atoms with Crippen molar-refractivity contribution in [2.45, 2.75) is 18.4 Å². The Kier molecular flexibility index (Phi) is 2.04. The van der Waals surface area contributed by atoms with Gasteiger partial charge < -0.3 is 10.0 Å². The molecule has 1 fully saturated rings. The van der Waals surface area contributed by atoms with Gasteiger partial charge in [0.2, 0.25) is 0 Å². The summed E-state index contributed by atoms with van der Waals surface area (Å²) in [6.07, 6.45) is 1.79. The van der Waals surface area contributed by atoms with Gasteiger partial charge in [0, 0.05) is 19.2 Å². The van der Waals surface area contributed by atoms with E-state index in [-0.39, 0.29) is 0 Å². The molecule has 3 nitrogen and oxygen atoms in total. The van der Waals surface area contributed by atoms with Gasteiger partial charge in [0.05, 0.1) is 12.1 Å². The number of aliphatic hydroxyl groups is 1. The molecular weight excluding hydrogens is 200 g/mol. The minimum atomic E-state index is -0.526. The van der Waals surface area contributed by atoms with Crippen molar-refractivity contribution in [3.8, 4) is 0 Å². The molecule has 1 heterocycles. The first-order valence-corrected chi connectivity index (χ1v) is 5.78. The van der Waals surface area contributed by atoms with Crippen LogP contribution < -0.4 is 0 Å². The van der Waals surface area contributed by atoms with Gasteiger partial charge in [-0.15, -0.1) is 0 Å². The molecule has 1 aromatic rings. The van der Waals surface area contributed by atoms with Gasteiger partial charge in [0.1, 0.15) is 5.84 Å². The molecule has 0 saturated heterocycles. The van der Waals surface area contributed by atoms with Gasteiger partial charge >= 0.3 is 0 Å². The Morgan fingerprint density at radius 3 is 2.44 bits per heavy atom. The fourth-order valence-corrected chi connectivity index (χ4v) is 2.18. The van der Waals surface area contributed by atoms with Crippen molar-refractivity contribution in [1.29, 1.82) is 0 Å². The zero-order valence-electron chi connectivity index (χ0n) is 9.48. The van der Waals surface area contributed by atoms with E-state index in [0.717, 1.165) is 42.9 Å². The summed E-state index contributed by atoms with van der Waals surface area (Å²) in [6.45, 7) is 1.89. The predicted molar refractivity (Wildman–Crippen MR) is 63.6 cm³/mol. The summed E-state index contributed by atoms with van der Waals surface area (Å²) in [5, 5.41) is 9.97. The van der Waals surface area contributed by atoms with Crippen LogP contribution in [0.1, 0.15) is 24.0 Å². The van der Waals surface area contributed by atoms with Gasteiger partial charge in [-0.3, -0.25) is 4.99 Å². The van der Waals surface area contributed by atoms with E-state index >= 15 is 0 Å². The van der Waals surface area contributed by atoms with Crippen LogP contribution >= 0.6 is 0 Å². The average Bonchev–Trinajstić information content (AvgIpc) is 2.90. The van der Waals surface area contributed by atoms with Gasteiger partial charge in [-0.2, -0.15) is 0 Å². The van der Waals surface area contributed by atoms with Crippen molar-refractivity contribution in [2.75, 3.05) is 20.1 Å². The Bertz CT molecular complexity index is 432. The van der Waals surface area contributed by atoms with Crippen molar-refractivity contribution in [3.63, 3.8) is 0 Å². The van der Waals surface area contributed by atoms with Crippen LogP contribution in [0.5, 0.6) is 0 Å². The molecule has 3 rings (SSSR count). The van der Waals surface area contributed by atoms with Gasteiger partial charge in [-0.1, -0.05) is 24.3 Å². The second-order valence-electron chi connectivity index (χ2n) is 4.74. The lowest BCUT2D eigenvalue weighted by molar-refractivity contribution is 0.151. The van der Waals surface area contributed by atoms with Crippen molar-refractivity contribution in [1.82, 2.24) is 4.90 Å². The molecule has 1 saturated carbocycles. The lowest BCUT2D eigenvalue weighted by atomic mass is 10.0. The average molecular weight is 216 g/mol. The number of aliphatic imine (C=N–C) groups is 1. The molecule has 1 aliphatic carbocycles. The van der Waals surface area contributed by atoms with Crippen molar-refractivity contribution in [2.24, 2.45) is 4.99 Å². The van der Waals surface area contributed by atoms with Crippen LogP contribution in [0.25, 0.3) is 0 Å². The molecule has 84 valence electrons. The predicted octanol–water partition coefficient (Wildman–Crippen LogP) is 1.36. The Labute approximate surface area is 95.4 Å². The van der Waals surface area contributed by atoms with E-state index in [4.69, 9.17) is 0 Å². The fourth-order valence-electron chi connectivity index (χ4n) is 2.18. The van der Waals surface area contributed by atoms with Gasteiger partial charge in [-0.25, -0.2) is 0 Å². The Morgan fingerprint density at radius 2 is 1.94 bits per heavy atom. The zero-order chi connectivity index (χ0) is 11.2. The maximum absolute atomic E-state index is 9.97. The van der Waals surface area contributed by atoms with E-state index < -0.39 is 5.60 Å². The third kappa shape index (κ3) is 1.52. The van der Waals surface area contributed by atoms with E-state index in [0.29, 0.717) is 0 Å². The largest absolute Gasteiger partial charge is 0.385 e. The standard InChI is InChI=1S/C13H16N2O/c1-15-9-8-14-12(15)10-2-4-11(5-3-10)13(16)6-7-13/h2-5,16H,6-9H2,1H3. The Hall–Kier alpha value is -1.35. The summed E-state index contributed by atoms with van der Waals surface area (Å²) >= 11 is 0. The normalized spacial score (nSPS) is 22.1. The zero-order valence-corrected chi connectivity index (χ0v) is 9.48. The van der Waals surface area contributed by atoms with Gasteiger partial charge in [-0.05, 0) is 18.4 Å². The quantitative estimate of drug-likeness (QED) is 0.810. The second-order valence-corrected chi connectivity index (χ2v) is 4.74. The molecule has 3 heteroatoms. The Morgan fingerprint density at radius 1 is 1.25 bits per heavy atom. The number of rotatable bonds is 2. The summed E-state index contributed by atoms with van der Waals surface area (Å²) in [6, 6.07) is 8.17. The summed E-state index contributed by atoms with van der Waals surface area (Å²) in [4.78, 5) is 6.64. The van der Waals surface area contributed by atoms with Crippen LogP contribution in [0.3, 0.4) is 0 Å². The number of likely N-dealkylation sites (N-methyl/N-ethyl adjacent to an activating group) is 1. The Balaban J connectivity index is 1.87. The summed E-state index contributed by atoms with van der Waals surface area (Å²) in [7, 11) is 2.06. The van der Waals surface area contributed by atoms with E-state index in [1.54, 1.807) is 0 Å². The van der Waals surface area contributed by atoms with Gasteiger partial charge in [0.15, 0.2) is 0 Å². The third-order valence-electron chi connectivity index (χ3n) is 3.46. The topological polar surface area (TPSA) is 35.8 Å². The SMILES string of the molecule is CN1CCN=C1c1ccc(C2(O)CC2)cc1. The molecule has 0 bridgehead atoms. The van der Waals surface area contributed by atoms with Crippen molar-refractivity contribution in [3.05, 3.63) is 35.4 Å². The number of nitrogens with zero attached hydrogens (tertiary/aromatic N) is 2. The first kappa shape index (κ1) is 9.85. The molecule has 1 N–H and O–H groups in total. The van der Waals surface area contributed by atoms with Crippen LogP contribution in [0.4, 0.5) is 0 Å². The molecule has 1 aromatic carbocycles. The molecule has 0 radical (unpaired) electrons. The molecule has 0 atom stereocenters. The highest BCUT2D eigenvalue weighted by Gasteiger charge is 2.41. The second kappa shape index (κ2) is 3.32. The lowest BCUT2D eigenvalue weighted by Crippen LogP contribution is -2.23. The summed E-state index contributed by atoms with van der Waals surface area (Å²) < 4.78 is 0.